The Hall–Kier alpha value is -3.85. The summed E-state index contributed by atoms with van der Waals surface area (Å²) in [6, 6.07) is 28.2. The Morgan fingerprint density at radius 1 is 0.800 bits per heavy atom. The first-order chi connectivity index (χ1) is 21.2. The van der Waals surface area contributed by atoms with E-state index in [0.29, 0.717) is 21.3 Å². The van der Waals surface area contributed by atoms with Crippen LogP contribution in [-0.2, 0) is 32.6 Å². The second kappa shape index (κ2) is 14.5. The van der Waals surface area contributed by atoms with Crippen LogP contribution in [0.2, 0.25) is 10.0 Å². The van der Waals surface area contributed by atoms with Crippen molar-refractivity contribution in [3.63, 3.8) is 0 Å². The van der Waals surface area contributed by atoms with Crippen LogP contribution in [0.3, 0.4) is 0 Å². The number of nitrogens with zero attached hydrogens (tertiary/aromatic N) is 2. The smallest absolute Gasteiger partial charge is 0.264 e. The van der Waals surface area contributed by atoms with Crippen LogP contribution in [0.4, 0.5) is 5.69 Å². The molecule has 0 aromatic heterocycles. The average Bonchev–Trinajstić information content (AvgIpc) is 2.99. The van der Waals surface area contributed by atoms with Crippen LogP contribution in [0, 0.1) is 6.92 Å². The van der Waals surface area contributed by atoms with E-state index in [1.54, 1.807) is 67.6 Å². The lowest BCUT2D eigenvalue weighted by Crippen LogP contribution is -2.56. The first kappa shape index (κ1) is 34.0. The maximum absolute atomic E-state index is 14.5. The van der Waals surface area contributed by atoms with Crippen molar-refractivity contribution in [2.75, 3.05) is 10.8 Å². The molecule has 0 bridgehead atoms. The third kappa shape index (κ3) is 9.10. The Labute approximate surface area is 275 Å². The third-order valence-electron chi connectivity index (χ3n) is 7.07. The quantitative estimate of drug-likeness (QED) is 0.186. The van der Waals surface area contributed by atoms with E-state index in [1.165, 1.54) is 17.0 Å². The molecule has 10 heteroatoms. The van der Waals surface area contributed by atoms with Gasteiger partial charge in [0.2, 0.25) is 11.8 Å². The van der Waals surface area contributed by atoms with Gasteiger partial charge in [-0.3, -0.25) is 13.9 Å². The molecule has 0 saturated carbocycles. The van der Waals surface area contributed by atoms with Crippen molar-refractivity contribution in [3.8, 4) is 0 Å². The Morgan fingerprint density at radius 2 is 1.38 bits per heavy atom. The molecule has 2 amide bonds. The van der Waals surface area contributed by atoms with Crippen molar-refractivity contribution in [2.45, 2.75) is 57.1 Å². The topological polar surface area (TPSA) is 86.8 Å². The number of aryl methyl sites for hydroxylation is 1. The van der Waals surface area contributed by atoms with E-state index in [0.717, 1.165) is 15.4 Å². The number of halogens is 2. The highest BCUT2D eigenvalue weighted by Crippen LogP contribution is 2.30. The van der Waals surface area contributed by atoms with Gasteiger partial charge in [-0.2, -0.15) is 0 Å². The van der Waals surface area contributed by atoms with Gasteiger partial charge in [0.1, 0.15) is 12.6 Å². The molecule has 45 heavy (non-hydrogen) atoms. The van der Waals surface area contributed by atoms with E-state index >= 15 is 0 Å². The van der Waals surface area contributed by atoms with Crippen molar-refractivity contribution < 1.29 is 18.0 Å². The maximum Gasteiger partial charge on any atom is 0.264 e. The lowest BCUT2D eigenvalue weighted by molar-refractivity contribution is -0.140. The fourth-order valence-electron chi connectivity index (χ4n) is 4.93. The van der Waals surface area contributed by atoms with E-state index in [9.17, 15) is 18.0 Å². The van der Waals surface area contributed by atoms with Crippen LogP contribution >= 0.6 is 23.2 Å². The SMILES string of the molecule is Cc1cc(Cl)ccc1N(CC(=O)N(Cc1ccc(Cl)cc1)C(Cc1ccccc1)C(=O)NC(C)(C)C)S(=O)(=O)c1ccccc1. The molecule has 4 aromatic rings. The van der Waals surface area contributed by atoms with Gasteiger partial charge >= 0.3 is 0 Å². The minimum absolute atomic E-state index is 0.0303. The highest BCUT2D eigenvalue weighted by atomic mass is 35.5. The summed E-state index contributed by atoms with van der Waals surface area (Å²) in [6.45, 7) is 6.83. The number of rotatable bonds is 11. The zero-order valence-electron chi connectivity index (χ0n) is 25.7. The van der Waals surface area contributed by atoms with Gasteiger partial charge in [-0.1, -0.05) is 83.9 Å². The first-order valence-electron chi connectivity index (χ1n) is 14.5. The summed E-state index contributed by atoms with van der Waals surface area (Å²) in [5.74, 6) is -0.905. The Kier molecular flexibility index (Phi) is 11.0. The highest BCUT2D eigenvalue weighted by molar-refractivity contribution is 7.92. The third-order valence-corrected chi connectivity index (χ3v) is 9.33. The summed E-state index contributed by atoms with van der Waals surface area (Å²) < 4.78 is 29.4. The van der Waals surface area contributed by atoms with E-state index < -0.39 is 34.1 Å². The molecule has 0 heterocycles. The number of anilines is 1. The normalized spacial score (nSPS) is 12.3. The lowest BCUT2D eigenvalue weighted by atomic mass is 10.0. The van der Waals surface area contributed by atoms with Gasteiger partial charge in [-0.05, 0) is 86.8 Å². The Morgan fingerprint density at radius 3 is 1.96 bits per heavy atom. The minimum atomic E-state index is -4.21. The number of nitrogens with one attached hydrogen (secondary N) is 1. The van der Waals surface area contributed by atoms with Crippen molar-refractivity contribution in [3.05, 3.63) is 130 Å². The Balaban J connectivity index is 1.83. The molecule has 1 unspecified atom stereocenters. The van der Waals surface area contributed by atoms with E-state index in [-0.39, 0.29) is 23.8 Å². The molecule has 7 nitrogen and oxygen atoms in total. The zero-order chi connectivity index (χ0) is 32.8. The zero-order valence-corrected chi connectivity index (χ0v) is 28.0. The van der Waals surface area contributed by atoms with Crippen LogP contribution in [0.15, 0.2) is 108 Å². The van der Waals surface area contributed by atoms with Gasteiger partial charge in [0.25, 0.3) is 10.0 Å². The number of benzene rings is 4. The fraction of sp³-hybridized carbons (Fsp3) is 0.257. The largest absolute Gasteiger partial charge is 0.350 e. The minimum Gasteiger partial charge on any atom is -0.350 e. The number of carbonyl (C=O) groups excluding carboxylic acids is 2. The summed E-state index contributed by atoms with van der Waals surface area (Å²) in [4.78, 5) is 30.0. The number of carbonyl (C=O) groups is 2. The average molecular weight is 667 g/mol. The molecule has 0 saturated heterocycles. The predicted octanol–water partition coefficient (Wildman–Crippen LogP) is 7.05. The van der Waals surface area contributed by atoms with Gasteiger partial charge in [0.05, 0.1) is 10.6 Å². The van der Waals surface area contributed by atoms with Crippen molar-refractivity contribution in [2.24, 2.45) is 0 Å². The van der Waals surface area contributed by atoms with Crippen LogP contribution in [0.25, 0.3) is 0 Å². The molecule has 4 rings (SSSR count). The summed E-state index contributed by atoms with van der Waals surface area (Å²) in [5.41, 5.74) is 1.88. The fourth-order valence-corrected chi connectivity index (χ4v) is 6.78. The van der Waals surface area contributed by atoms with Gasteiger partial charge in [-0.15, -0.1) is 0 Å². The van der Waals surface area contributed by atoms with Crippen LogP contribution in [0.5, 0.6) is 0 Å². The molecule has 0 aliphatic carbocycles. The second-order valence-corrected chi connectivity index (χ2v) is 14.6. The van der Waals surface area contributed by atoms with Crippen molar-refractivity contribution in [1.82, 2.24) is 10.2 Å². The molecule has 1 atom stereocenters. The van der Waals surface area contributed by atoms with Gasteiger partial charge in [0, 0.05) is 28.5 Å². The van der Waals surface area contributed by atoms with E-state index in [2.05, 4.69) is 5.32 Å². The second-order valence-electron chi connectivity index (χ2n) is 11.8. The summed E-state index contributed by atoms with van der Waals surface area (Å²) >= 11 is 12.4. The van der Waals surface area contributed by atoms with E-state index in [4.69, 9.17) is 23.2 Å². The molecule has 0 fully saturated rings. The van der Waals surface area contributed by atoms with Crippen molar-refractivity contribution >= 4 is 50.7 Å². The molecular formula is C35H37Cl2N3O4S. The molecule has 0 aliphatic rings. The van der Waals surface area contributed by atoms with Crippen LogP contribution in [-0.4, -0.2) is 43.3 Å². The van der Waals surface area contributed by atoms with Crippen LogP contribution in [0.1, 0.15) is 37.5 Å². The number of sulfonamides is 1. The van der Waals surface area contributed by atoms with Gasteiger partial charge < -0.3 is 10.2 Å². The molecule has 4 aromatic carbocycles. The van der Waals surface area contributed by atoms with Gasteiger partial charge in [0.15, 0.2) is 0 Å². The first-order valence-corrected chi connectivity index (χ1v) is 16.7. The van der Waals surface area contributed by atoms with E-state index in [1.807, 2.05) is 51.1 Å². The van der Waals surface area contributed by atoms with Crippen LogP contribution < -0.4 is 9.62 Å². The molecule has 236 valence electrons. The standard InChI is InChI=1S/C35H37Cl2N3O4S/c1-25-21-29(37)19-20-31(25)40(45(43,44)30-13-9-6-10-14-30)24-33(41)39(23-27-15-17-28(36)18-16-27)32(34(42)38-35(2,3)4)22-26-11-7-5-8-12-26/h5-21,32H,22-24H2,1-4H3,(H,38,42). The summed E-state index contributed by atoms with van der Waals surface area (Å²) in [6.07, 6.45) is 0.216. The molecular weight excluding hydrogens is 629 g/mol. The lowest BCUT2D eigenvalue weighted by Gasteiger charge is -2.35. The number of hydrogen-bond donors (Lipinski definition) is 1. The molecule has 0 radical (unpaired) electrons. The predicted molar refractivity (Wildman–Crippen MR) is 181 cm³/mol. The molecule has 1 N–H and O–H groups in total. The number of amides is 2. The summed E-state index contributed by atoms with van der Waals surface area (Å²) in [5, 5.41) is 3.99. The highest BCUT2D eigenvalue weighted by Gasteiger charge is 2.36. The van der Waals surface area contributed by atoms with Crippen molar-refractivity contribution in [1.29, 1.82) is 0 Å². The maximum atomic E-state index is 14.5. The Bertz CT molecular complexity index is 1730. The molecule has 0 aliphatic heterocycles. The monoisotopic (exact) mass is 665 g/mol. The number of hydrogen-bond acceptors (Lipinski definition) is 4. The molecule has 0 spiro atoms. The van der Waals surface area contributed by atoms with Gasteiger partial charge in [-0.25, -0.2) is 8.42 Å². The summed E-state index contributed by atoms with van der Waals surface area (Å²) in [7, 11) is -4.21.